The first-order valence-corrected chi connectivity index (χ1v) is 8.18. The second-order valence-electron chi connectivity index (χ2n) is 6.26. The summed E-state index contributed by atoms with van der Waals surface area (Å²) in [5.74, 6) is 0. The van der Waals surface area contributed by atoms with Crippen LogP contribution < -0.4 is 0 Å². The van der Waals surface area contributed by atoms with Crippen LogP contribution in [0, 0.1) is 6.92 Å². The van der Waals surface area contributed by atoms with E-state index in [1.807, 2.05) is 36.4 Å². The Balaban J connectivity index is 1.45. The number of aryl methyl sites for hydroxylation is 1. The quantitative estimate of drug-likeness (QED) is 0.891. The molecule has 1 aliphatic rings. The van der Waals surface area contributed by atoms with Crippen LogP contribution in [0.4, 0.5) is 0 Å². The summed E-state index contributed by atoms with van der Waals surface area (Å²) in [6.45, 7) is 5.21. The maximum absolute atomic E-state index is 10.4. The lowest BCUT2D eigenvalue weighted by Crippen LogP contribution is -2.28. The molecule has 2 unspecified atom stereocenters. The molecule has 1 N–H and O–H groups in total. The number of rotatable bonds is 6. The van der Waals surface area contributed by atoms with Crippen LogP contribution in [0.2, 0.25) is 0 Å². The first-order chi connectivity index (χ1) is 11.2. The summed E-state index contributed by atoms with van der Waals surface area (Å²) >= 11 is 0. The van der Waals surface area contributed by atoms with Crippen molar-refractivity contribution in [3.63, 3.8) is 0 Å². The fourth-order valence-electron chi connectivity index (χ4n) is 2.93. The highest BCUT2D eigenvalue weighted by atomic mass is 16.5. The minimum absolute atomic E-state index is 0.244. The van der Waals surface area contributed by atoms with Gasteiger partial charge in [-0.1, -0.05) is 29.8 Å². The third-order valence-electron chi connectivity index (χ3n) is 4.36. The molecular formula is C19H24N2O2. The van der Waals surface area contributed by atoms with Crippen LogP contribution in [-0.2, 0) is 11.3 Å². The number of pyridine rings is 1. The molecule has 122 valence electrons. The molecule has 4 nitrogen and oxygen atoms in total. The Kier molecular flexibility index (Phi) is 5.39. The second-order valence-corrected chi connectivity index (χ2v) is 6.26. The van der Waals surface area contributed by atoms with E-state index in [0.29, 0.717) is 13.2 Å². The fraction of sp³-hybridized carbons (Fsp3) is 0.421. The summed E-state index contributed by atoms with van der Waals surface area (Å²) in [4.78, 5) is 6.29. The van der Waals surface area contributed by atoms with Gasteiger partial charge >= 0.3 is 0 Å². The molecular weight excluding hydrogens is 288 g/mol. The number of aliphatic hydroxyl groups is 1. The number of ether oxygens (including phenoxy) is 1. The SMILES string of the molecule is Cc1ccc(C(O)CN2CCC(OCc3ccncc3)C2)cc1. The molecule has 2 heterocycles. The van der Waals surface area contributed by atoms with Gasteiger partial charge < -0.3 is 9.84 Å². The van der Waals surface area contributed by atoms with Gasteiger partial charge in [0.15, 0.2) is 0 Å². The molecule has 1 fully saturated rings. The van der Waals surface area contributed by atoms with E-state index in [1.54, 1.807) is 12.4 Å². The van der Waals surface area contributed by atoms with Gasteiger partial charge in [0.2, 0.25) is 0 Å². The van der Waals surface area contributed by atoms with Crippen LogP contribution in [0.5, 0.6) is 0 Å². The average molecular weight is 312 g/mol. The van der Waals surface area contributed by atoms with Crippen LogP contribution in [0.3, 0.4) is 0 Å². The summed E-state index contributed by atoms with van der Waals surface area (Å²) in [7, 11) is 0. The molecule has 2 aromatic rings. The van der Waals surface area contributed by atoms with Crippen LogP contribution >= 0.6 is 0 Å². The van der Waals surface area contributed by atoms with Gasteiger partial charge in [-0.05, 0) is 36.6 Å². The molecule has 0 bridgehead atoms. The van der Waals surface area contributed by atoms with Crippen molar-refractivity contribution in [2.45, 2.75) is 32.2 Å². The molecule has 3 rings (SSSR count). The van der Waals surface area contributed by atoms with Crippen molar-refractivity contribution in [2.75, 3.05) is 19.6 Å². The van der Waals surface area contributed by atoms with Crippen molar-refractivity contribution in [1.82, 2.24) is 9.88 Å². The van der Waals surface area contributed by atoms with Crippen molar-refractivity contribution < 1.29 is 9.84 Å². The number of benzene rings is 1. The minimum Gasteiger partial charge on any atom is -0.387 e. The zero-order valence-electron chi connectivity index (χ0n) is 13.6. The summed E-state index contributed by atoms with van der Waals surface area (Å²) in [6, 6.07) is 12.1. The first-order valence-electron chi connectivity index (χ1n) is 8.18. The van der Waals surface area contributed by atoms with Gasteiger partial charge in [0.1, 0.15) is 0 Å². The standard InChI is InChI=1S/C19H24N2O2/c1-15-2-4-17(5-3-15)19(22)13-21-11-8-18(12-21)23-14-16-6-9-20-10-7-16/h2-7,9-10,18-19,22H,8,11-14H2,1H3. The molecule has 1 saturated heterocycles. The molecule has 0 saturated carbocycles. The Morgan fingerprint density at radius 2 is 1.96 bits per heavy atom. The van der Waals surface area contributed by atoms with E-state index in [0.717, 1.165) is 30.6 Å². The Morgan fingerprint density at radius 3 is 2.70 bits per heavy atom. The van der Waals surface area contributed by atoms with Gasteiger partial charge in [-0.2, -0.15) is 0 Å². The minimum atomic E-state index is -0.436. The fourth-order valence-corrected chi connectivity index (χ4v) is 2.93. The summed E-state index contributed by atoms with van der Waals surface area (Å²) in [5.41, 5.74) is 3.35. The maximum atomic E-state index is 10.4. The average Bonchev–Trinajstić information content (AvgIpc) is 3.02. The number of likely N-dealkylation sites (tertiary alicyclic amines) is 1. The van der Waals surface area contributed by atoms with Gasteiger partial charge in [0.05, 0.1) is 18.8 Å². The zero-order chi connectivity index (χ0) is 16.1. The van der Waals surface area contributed by atoms with E-state index in [2.05, 4.69) is 16.8 Å². The van der Waals surface area contributed by atoms with Crippen molar-refractivity contribution in [1.29, 1.82) is 0 Å². The highest BCUT2D eigenvalue weighted by molar-refractivity contribution is 5.23. The normalized spacial score (nSPS) is 19.8. The van der Waals surface area contributed by atoms with Crippen molar-refractivity contribution in [3.8, 4) is 0 Å². The van der Waals surface area contributed by atoms with E-state index < -0.39 is 6.10 Å². The monoisotopic (exact) mass is 312 g/mol. The Morgan fingerprint density at radius 1 is 1.22 bits per heavy atom. The lowest BCUT2D eigenvalue weighted by molar-refractivity contribution is 0.0416. The van der Waals surface area contributed by atoms with Gasteiger partial charge in [-0.3, -0.25) is 9.88 Å². The summed E-state index contributed by atoms with van der Waals surface area (Å²) in [5, 5.41) is 10.4. The molecule has 0 amide bonds. The highest BCUT2D eigenvalue weighted by Crippen LogP contribution is 2.20. The highest BCUT2D eigenvalue weighted by Gasteiger charge is 2.25. The van der Waals surface area contributed by atoms with Gasteiger partial charge in [0, 0.05) is 32.0 Å². The number of aromatic nitrogens is 1. The molecule has 1 aromatic carbocycles. The van der Waals surface area contributed by atoms with Gasteiger partial charge in [-0.25, -0.2) is 0 Å². The topological polar surface area (TPSA) is 45.6 Å². The number of β-amino-alcohol motifs (C(OH)–C–C–N with tert-alkyl or cyclic N) is 1. The van der Waals surface area contributed by atoms with Crippen molar-refractivity contribution >= 4 is 0 Å². The molecule has 1 aromatic heterocycles. The van der Waals surface area contributed by atoms with E-state index >= 15 is 0 Å². The van der Waals surface area contributed by atoms with E-state index in [1.165, 1.54) is 5.56 Å². The lowest BCUT2D eigenvalue weighted by Gasteiger charge is -2.20. The molecule has 1 aliphatic heterocycles. The van der Waals surface area contributed by atoms with Crippen molar-refractivity contribution in [2.24, 2.45) is 0 Å². The molecule has 0 radical (unpaired) electrons. The van der Waals surface area contributed by atoms with E-state index in [4.69, 9.17) is 4.74 Å². The van der Waals surface area contributed by atoms with Crippen molar-refractivity contribution in [3.05, 3.63) is 65.5 Å². The summed E-state index contributed by atoms with van der Waals surface area (Å²) in [6.07, 6.45) is 4.41. The zero-order valence-corrected chi connectivity index (χ0v) is 13.6. The predicted molar refractivity (Wildman–Crippen MR) is 90.0 cm³/mol. The molecule has 23 heavy (non-hydrogen) atoms. The Hall–Kier alpha value is -1.75. The molecule has 0 aliphatic carbocycles. The number of hydrogen-bond donors (Lipinski definition) is 1. The number of nitrogens with zero attached hydrogens (tertiary/aromatic N) is 2. The smallest absolute Gasteiger partial charge is 0.0916 e. The number of aliphatic hydroxyl groups excluding tert-OH is 1. The maximum Gasteiger partial charge on any atom is 0.0916 e. The largest absolute Gasteiger partial charge is 0.387 e. The Labute approximate surface area is 137 Å². The van der Waals surface area contributed by atoms with E-state index in [9.17, 15) is 5.11 Å². The lowest BCUT2D eigenvalue weighted by atomic mass is 10.1. The first kappa shape index (κ1) is 16.1. The Bertz CT molecular complexity index is 601. The molecule has 0 spiro atoms. The van der Waals surface area contributed by atoms with Crippen LogP contribution in [-0.4, -0.2) is 40.7 Å². The van der Waals surface area contributed by atoms with Crippen LogP contribution in [0.15, 0.2) is 48.8 Å². The molecule has 2 atom stereocenters. The third kappa shape index (κ3) is 4.61. The van der Waals surface area contributed by atoms with Crippen LogP contribution in [0.25, 0.3) is 0 Å². The second kappa shape index (κ2) is 7.68. The van der Waals surface area contributed by atoms with Gasteiger partial charge in [0.25, 0.3) is 0 Å². The van der Waals surface area contributed by atoms with Crippen LogP contribution in [0.1, 0.15) is 29.2 Å². The molecule has 4 heteroatoms. The number of hydrogen-bond acceptors (Lipinski definition) is 4. The third-order valence-corrected chi connectivity index (χ3v) is 4.36. The van der Waals surface area contributed by atoms with Gasteiger partial charge in [-0.15, -0.1) is 0 Å². The summed E-state index contributed by atoms with van der Waals surface area (Å²) < 4.78 is 5.97. The van der Waals surface area contributed by atoms with E-state index in [-0.39, 0.29) is 6.10 Å². The predicted octanol–water partition coefficient (Wildman–Crippen LogP) is 2.71.